The van der Waals surface area contributed by atoms with Gasteiger partial charge in [-0.15, -0.1) is 0 Å². The minimum atomic E-state index is -0.346. The van der Waals surface area contributed by atoms with Crippen LogP contribution in [0.4, 0.5) is 4.39 Å². The van der Waals surface area contributed by atoms with Crippen LogP contribution < -0.4 is 5.32 Å². The molecule has 2 rings (SSSR count). The number of nitrogens with zero attached hydrogens (tertiary/aromatic N) is 2. The summed E-state index contributed by atoms with van der Waals surface area (Å²) in [6.45, 7) is 3.47. The molecule has 1 aromatic heterocycles. The molecule has 1 heterocycles. The van der Waals surface area contributed by atoms with Crippen LogP contribution in [0.3, 0.4) is 0 Å². The minimum Gasteiger partial charge on any atom is -0.338 e. The van der Waals surface area contributed by atoms with E-state index in [-0.39, 0.29) is 11.6 Å². The average Bonchev–Trinajstić information content (AvgIpc) is 2.79. The average molecular weight is 235 g/mol. The third-order valence-electron chi connectivity index (χ3n) is 2.29. The molecule has 0 fully saturated rings. The van der Waals surface area contributed by atoms with Crippen LogP contribution in [0.1, 0.15) is 19.2 Å². The zero-order chi connectivity index (χ0) is 12.1. The zero-order valence-electron chi connectivity index (χ0n) is 9.61. The summed E-state index contributed by atoms with van der Waals surface area (Å²) in [6, 6.07) is 6.37. The quantitative estimate of drug-likeness (QED) is 0.808. The first kappa shape index (κ1) is 11.7. The van der Waals surface area contributed by atoms with E-state index in [2.05, 4.69) is 22.4 Å². The van der Waals surface area contributed by atoms with Crippen LogP contribution in [-0.4, -0.2) is 16.7 Å². The molecule has 0 unspecified atom stereocenters. The summed E-state index contributed by atoms with van der Waals surface area (Å²) in [5.74, 6) is 0.412. The lowest BCUT2D eigenvalue weighted by molar-refractivity contribution is 0.368. The molecule has 0 aliphatic heterocycles. The summed E-state index contributed by atoms with van der Waals surface area (Å²) in [5.41, 5.74) is 0.359. The Bertz CT molecular complexity index is 484. The highest BCUT2D eigenvalue weighted by atomic mass is 19.1. The summed E-state index contributed by atoms with van der Waals surface area (Å²) in [4.78, 5) is 4.13. The fraction of sp³-hybridized carbons (Fsp3) is 0.333. The molecule has 0 bridgehead atoms. The van der Waals surface area contributed by atoms with E-state index in [0.29, 0.717) is 18.0 Å². The van der Waals surface area contributed by atoms with E-state index in [1.54, 1.807) is 18.2 Å². The van der Waals surface area contributed by atoms with Crippen molar-refractivity contribution in [1.29, 1.82) is 0 Å². The van der Waals surface area contributed by atoms with Crippen LogP contribution in [-0.2, 0) is 6.54 Å². The standard InChI is InChI=1S/C12H14FN3O/c1-2-7-14-8-11-15-12(16-17-11)9-5-3-4-6-10(9)13/h3-6,14H,2,7-8H2,1H3. The Morgan fingerprint density at radius 3 is 2.94 bits per heavy atom. The Morgan fingerprint density at radius 1 is 1.35 bits per heavy atom. The van der Waals surface area contributed by atoms with Gasteiger partial charge in [0.2, 0.25) is 11.7 Å². The molecule has 2 aromatic rings. The highest BCUT2D eigenvalue weighted by Gasteiger charge is 2.11. The van der Waals surface area contributed by atoms with Gasteiger partial charge in [-0.1, -0.05) is 24.2 Å². The van der Waals surface area contributed by atoms with Gasteiger partial charge in [-0.25, -0.2) is 4.39 Å². The van der Waals surface area contributed by atoms with Crippen LogP contribution in [0.5, 0.6) is 0 Å². The molecule has 4 nitrogen and oxygen atoms in total. The van der Waals surface area contributed by atoms with Gasteiger partial charge in [0.05, 0.1) is 12.1 Å². The maximum atomic E-state index is 13.5. The molecule has 1 aromatic carbocycles. The van der Waals surface area contributed by atoms with Crippen molar-refractivity contribution < 1.29 is 8.91 Å². The van der Waals surface area contributed by atoms with Gasteiger partial charge in [-0.3, -0.25) is 0 Å². The Kier molecular flexibility index (Phi) is 3.82. The van der Waals surface area contributed by atoms with E-state index in [1.165, 1.54) is 6.07 Å². The van der Waals surface area contributed by atoms with Crippen molar-refractivity contribution in [2.45, 2.75) is 19.9 Å². The Balaban J connectivity index is 2.10. The molecule has 0 spiro atoms. The maximum Gasteiger partial charge on any atom is 0.240 e. The Morgan fingerprint density at radius 2 is 2.18 bits per heavy atom. The summed E-state index contributed by atoms with van der Waals surface area (Å²) in [5, 5.41) is 6.90. The van der Waals surface area contributed by atoms with E-state index in [9.17, 15) is 4.39 Å². The summed E-state index contributed by atoms with van der Waals surface area (Å²) in [7, 11) is 0. The Hall–Kier alpha value is -1.75. The number of aromatic nitrogens is 2. The second-order valence-electron chi connectivity index (χ2n) is 3.67. The fourth-order valence-electron chi connectivity index (χ4n) is 1.45. The summed E-state index contributed by atoms with van der Waals surface area (Å²) in [6.07, 6.45) is 1.04. The second kappa shape index (κ2) is 5.54. The molecule has 0 radical (unpaired) electrons. The number of rotatable bonds is 5. The minimum absolute atomic E-state index is 0.288. The van der Waals surface area contributed by atoms with Crippen LogP contribution in [0, 0.1) is 5.82 Å². The Labute approximate surface area is 98.8 Å². The van der Waals surface area contributed by atoms with Crippen molar-refractivity contribution in [2.24, 2.45) is 0 Å². The first-order chi connectivity index (χ1) is 8.31. The van der Waals surface area contributed by atoms with E-state index in [4.69, 9.17) is 4.52 Å². The maximum absolute atomic E-state index is 13.5. The summed E-state index contributed by atoms with van der Waals surface area (Å²) >= 11 is 0. The van der Waals surface area contributed by atoms with Crippen molar-refractivity contribution in [3.63, 3.8) is 0 Å². The molecule has 0 atom stereocenters. The number of nitrogens with one attached hydrogen (secondary N) is 1. The lowest BCUT2D eigenvalue weighted by Gasteiger charge is -1.96. The molecule has 0 amide bonds. The first-order valence-electron chi connectivity index (χ1n) is 5.59. The molecular weight excluding hydrogens is 221 g/mol. The van der Waals surface area contributed by atoms with Crippen molar-refractivity contribution in [1.82, 2.24) is 15.5 Å². The molecule has 0 saturated carbocycles. The number of benzene rings is 1. The molecule has 5 heteroatoms. The van der Waals surface area contributed by atoms with Gasteiger partial charge in [0.15, 0.2) is 0 Å². The monoisotopic (exact) mass is 235 g/mol. The van der Waals surface area contributed by atoms with E-state index >= 15 is 0 Å². The fourth-order valence-corrected chi connectivity index (χ4v) is 1.45. The van der Waals surface area contributed by atoms with Crippen LogP contribution in [0.25, 0.3) is 11.4 Å². The molecule has 0 saturated heterocycles. The summed E-state index contributed by atoms with van der Waals surface area (Å²) < 4.78 is 18.5. The SMILES string of the molecule is CCCNCc1nc(-c2ccccc2F)no1. The highest BCUT2D eigenvalue weighted by Crippen LogP contribution is 2.18. The molecule has 0 aliphatic carbocycles. The van der Waals surface area contributed by atoms with Gasteiger partial charge < -0.3 is 9.84 Å². The van der Waals surface area contributed by atoms with E-state index in [0.717, 1.165) is 13.0 Å². The lowest BCUT2D eigenvalue weighted by atomic mass is 10.2. The number of halogens is 1. The van der Waals surface area contributed by atoms with Crippen molar-refractivity contribution in [2.75, 3.05) is 6.54 Å². The molecule has 17 heavy (non-hydrogen) atoms. The van der Waals surface area contributed by atoms with Gasteiger partial charge >= 0.3 is 0 Å². The van der Waals surface area contributed by atoms with Gasteiger partial charge in [0.1, 0.15) is 5.82 Å². The third kappa shape index (κ3) is 2.88. The normalized spacial score (nSPS) is 10.7. The van der Waals surface area contributed by atoms with Crippen LogP contribution >= 0.6 is 0 Å². The zero-order valence-corrected chi connectivity index (χ0v) is 9.61. The van der Waals surface area contributed by atoms with Crippen molar-refractivity contribution >= 4 is 0 Å². The third-order valence-corrected chi connectivity index (χ3v) is 2.29. The lowest BCUT2D eigenvalue weighted by Crippen LogP contribution is -2.13. The van der Waals surface area contributed by atoms with Gasteiger partial charge in [-0.05, 0) is 25.1 Å². The smallest absolute Gasteiger partial charge is 0.240 e. The molecule has 1 N–H and O–H groups in total. The number of hydrogen-bond donors (Lipinski definition) is 1. The highest BCUT2D eigenvalue weighted by molar-refractivity contribution is 5.54. The largest absolute Gasteiger partial charge is 0.338 e. The van der Waals surface area contributed by atoms with Gasteiger partial charge in [-0.2, -0.15) is 4.98 Å². The number of hydrogen-bond acceptors (Lipinski definition) is 4. The van der Waals surface area contributed by atoms with Gasteiger partial charge in [0.25, 0.3) is 0 Å². The van der Waals surface area contributed by atoms with Gasteiger partial charge in [0, 0.05) is 0 Å². The predicted octanol–water partition coefficient (Wildman–Crippen LogP) is 2.38. The first-order valence-corrected chi connectivity index (χ1v) is 5.59. The molecule has 0 aliphatic rings. The van der Waals surface area contributed by atoms with Crippen molar-refractivity contribution in [3.05, 3.63) is 36.0 Å². The van der Waals surface area contributed by atoms with E-state index < -0.39 is 0 Å². The molecular formula is C12H14FN3O. The van der Waals surface area contributed by atoms with Crippen LogP contribution in [0.2, 0.25) is 0 Å². The van der Waals surface area contributed by atoms with Crippen molar-refractivity contribution in [3.8, 4) is 11.4 Å². The van der Waals surface area contributed by atoms with Crippen LogP contribution in [0.15, 0.2) is 28.8 Å². The predicted molar refractivity (Wildman–Crippen MR) is 61.7 cm³/mol. The second-order valence-corrected chi connectivity index (χ2v) is 3.67. The molecule has 90 valence electrons. The topological polar surface area (TPSA) is 51.0 Å². The van der Waals surface area contributed by atoms with E-state index in [1.807, 2.05) is 0 Å².